The van der Waals surface area contributed by atoms with E-state index >= 15 is 0 Å². The van der Waals surface area contributed by atoms with Crippen molar-refractivity contribution in [2.75, 3.05) is 6.54 Å². The van der Waals surface area contributed by atoms with Crippen molar-refractivity contribution in [3.63, 3.8) is 0 Å². The van der Waals surface area contributed by atoms with Crippen molar-refractivity contribution in [1.82, 2.24) is 20.1 Å². The molecule has 3 amide bonds. The van der Waals surface area contributed by atoms with Gasteiger partial charge in [-0.2, -0.15) is 13.2 Å². The van der Waals surface area contributed by atoms with Crippen LogP contribution in [0.1, 0.15) is 47.4 Å². The number of carbonyl (C=O) groups is 3. The topological polar surface area (TPSA) is 103 Å². The lowest BCUT2D eigenvalue weighted by Crippen LogP contribution is -2.55. The minimum atomic E-state index is -4.56. The lowest BCUT2D eigenvalue weighted by atomic mass is 10.0. The molecule has 0 aliphatic carbocycles. The average molecular weight is 587 g/mol. The van der Waals surface area contributed by atoms with Gasteiger partial charge in [-0.25, -0.2) is 4.98 Å². The lowest BCUT2D eigenvalue weighted by molar-refractivity contribution is -0.143. The van der Waals surface area contributed by atoms with Gasteiger partial charge in [0.05, 0.1) is 16.5 Å². The van der Waals surface area contributed by atoms with E-state index in [2.05, 4.69) is 10.3 Å². The number of alkyl halides is 3. The van der Waals surface area contributed by atoms with Crippen molar-refractivity contribution in [1.29, 1.82) is 0 Å². The first-order chi connectivity index (χ1) is 19.5. The molecule has 2 N–H and O–H groups in total. The summed E-state index contributed by atoms with van der Waals surface area (Å²) in [5, 5.41) is 13.2. The Balaban J connectivity index is 1.26. The summed E-state index contributed by atoms with van der Waals surface area (Å²) in [6.45, 7) is 4.02. The Labute approximate surface area is 238 Å². The highest BCUT2D eigenvalue weighted by molar-refractivity contribution is 7.13. The van der Waals surface area contributed by atoms with Crippen LogP contribution in [0.4, 0.5) is 13.2 Å². The van der Waals surface area contributed by atoms with Gasteiger partial charge in [-0.05, 0) is 28.7 Å². The fourth-order valence-corrected chi connectivity index (χ4v) is 6.31. The van der Waals surface area contributed by atoms with Gasteiger partial charge in [0.2, 0.25) is 11.8 Å². The third kappa shape index (κ3) is 5.71. The number of rotatable bonds is 7. The molecule has 216 valence electrons. The number of carbonyl (C=O) groups excluding carboxylic acids is 3. The first-order valence-electron chi connectivity index (χ1n) is 13.2. The van der Waals surface area contributed by atoms with Gasteiger partial charge in [-0.1, -0.05) is 56.3 Å². The summed E-state index contributed by atoms with van der Waals surface area (Å²) in [4.78, 5) is 46.5. The highest BCUT2D eigenvalue weighted by Crippen LogP contribution is 2.38. The molecule has 3 atom stereocenters. The third-order valence-corrected chi connectivity index (χ3v) is 8.33. The lowest BCUT2D eigenvalue weighted by Gasteiger charge is -2.35. The van der Waals surface area contributed by atoms with Crippen molar-refractivity contribution in [2.45, 2.75) is 57.7 Å². The maximum absolute atomic E-state index is 13.8. The molecule has 0 unspecified atom stereocenters. The molecular formula is C29H29F3N4O4S. The molecule has 3 aromatic rings. The van der Waals surface area contributed by atoms with Crippen LogP contribution in [0.5, 0.6) is 0 Å². The largest absolute Gasteiger partial charge is 0.434 e. The minimum Gasteiger partial charge on any atom is -0.391 e. The predicted octanol–water partition coefficient (Wildman–Crippen LogP) is 4.09. The van der Waals surface area contributed by atoms with Crippen molar-refractivity contribution in [3.05, 3.63) is 76.4 Å². The number of aromatic nitrogens is 1. The van der Waals surface area contributed by atoms with Crippen LogP contribution in [-0.4, -0.2) is 62.3 Å². The fourth-order valence-electron chi connectivity index (χ4n) is 5.49. The summed E-state index contributed by atoms with van der Waals surface area (Å²) in [6.07, 6.45) is -5.39. The number of β-amino-alcohol motifs (C(OH)–C–C–N with tert-alkyl or cyclic N) is 1. The number of hydrogen-bond acceptors (Lipinski definition) is 6. The average Bonchev–Trinajstić information content (AvgIpc) is 3.65. The summed E-state index contributed by atoms with van der Waals surface area (Å²) in [7, 11) is 0. The number of aliphatic hydroxyl groups is 1. The van der Waals surface area contributed by atoms with Gasteiger partial charge in [-0.15, -0.1) is 11.3 Å². The Morgan fingerprint density at radius 2 is 1.85 bits per heavy atom. The molecule has 1 aromatic heterocycles. The van der Waals surface area contributed by atoms with Crippen LogP contribution >= 0.6 is 11.3 Å². The molecule has 1 saturated heterocycles. The Morgan fingerprint density at radius 3 is 2.51 bits per heavy atom. The van der Waals surface area contributed by atoms with Crippen molar-refractivity contribution in [2.24, 2.45) is 5.92 Å². The van der Waals surface area contributed by atoms with Crippen LogP contribution in [0.25, 0.3) is 10.4 Å². The van der Waals surface area contributed by atoms with Gasteiger partial charge >= 0.3 is 6.18 Å². The number of fused-ring (bicyclic) bond motifs is 1. The Hall–Kier alpha value is -3.77. The SMILES string of the molecule is CC(C)[C@@H](C(=O)N1C[C@H](O)C[C@H]1C(=O)NCc1ccc(-c2scnc2C(F)(F)F)cc1)N1Cc2ccccc2C1=O. The maximum Gasteiger partial charge on any atom is 0.434 e. The zero-order valence-corrected chi connectivity index (χ0v) is 23.2. The number of likely N-dealkylation sites (tertiary alicyclic amines) is 1. The number of benzene rings is 2. The standard InChI is InChI=1S/C29H29F3N4O4S/c1-16(2)23(36-13-19-5-3-4-6-21(19)27(36)39)28(40)35-14-20(37)11-22(35)26(38)33-12-17-7-9-18(10-8-17)24-25(29(30,31)32)34-15-41-24/h3-10,15-16,20,22-23,37H,11-14H2,1-2H3,(H,33,38)/t20-,22+,23+/m1/s1. The zero-order valence-electron chi connectivity index (χ0n) is 22.4. The quantitative estimate of drug-likeness (QED) is 0.434. The highest BCUT2D eigenvalue weighted by atomic mass is 32.1. The molecule has 2 aliphatic heterocycles. The number of thiazole rings is 1. The van der Waals surface area contributed by atoms with Gasteiger partial charge < -0.3 is 20.2 Å². The number of amides is 3. The molecule has 2 aliphatic rings. The van der Waals surface area contributed by atoms with Gasteiger partial charge in [-0.3, -0.25) is 14.4 Å². The van der Waals surface area contributed by atoms with Gasteiger partial charge in [0.15, 0.2) is 5.69 Å². The minimum absolute atomic E-state index is 0.0152. The second kappa shape index (κ2) is 11.2. The molecule has 1 fully saturated rings. The summed E-state index contributed by atoms with van der Waals surface area (Å²) in [5.74, 6) is -1.33. The highest BCUT2D eigenvalue weighted by Gasteiger charge is 2.45. The van der Waals surface area contributed by atoms with Crippen molar-refractivity contribution in [3.8, 4) is 10.4 Å². The summed E-state index contributed by atoms with van der Waals surface area (Å²) in [6, 6.07) is 11.8. The normalized spacial score (nSPS) is 19.5. The van der Waals surface area contributed by atoms with Crippen molar-refractivity contribution >= 4 is 29.1 Å². The maximum atomic E-state index is 13.8. The molecule has 41 heavy (non-hydrogen) atoms. The van der Waals surface area contributed by atoms with E-state index in [0.29, 0.717) is 23.2 Å². The first kappa shape index (κ1) is 28.7. The fraction of sp³-hybridized carbons (Fsp3) is 0.379. The molecule has 5 rings (SSSR count). The van der Waals surface area contributed by atoms with Crippen LogP contribution < -0.4 is 5.32 Å². The van der Waals surface area contributed by atoms with E-state index in [9.17, 15) is 32.7 Å². The second-order valence-corrected chi connectivity index (χ2v) is 11.5. The molecule has 0 bridgehead atoms. The van der Waals surface area contributed by atoms with E-state index < -0.39 is 41.9 Å². The molecule has 0 saturated carbocycles. The summed E-state index contributed by atoms with van der Waals surface area (Å²) >= 11 is 0.897. The Morgan fingerprint density at radius 1 is 1.15 bits per heavy atom. The van der Waals surface area contributed by atoms with E-state index in [1.807, 2.05) is 26.0 Å². The number of nitrogens with zero attached hydrogens (tertiary/aromatic N) is 3. The molecule has 0 spiro atoms. The first-order valence-corrected chi connectivity index (χ1v) is 14.1. The summed E-state index contributed by atoms with van der Waals surface area (Å²) < 4.78 is 39.6. The van der Waals surface area contributed by atoms with Crippen LogP contribution in [-0.2, 0) is 28.9 Å². The van der Waals surface area contributed by atoms with E-state index in [-0.39, 0.29) is 36.2 Å². The van der Waals surface area contributed by atoms with Crippen LogP contribution in [0, 0.1) is 5.92 Å². The monoisotopic (exact) mass is 586 g/mol. The molecule has 8 nitrogen and oxygen atoms in total. The van der Waals surface area contributed by atoms with E-state index in [1.165, 1.54) is 21.9 Å². The second-order valence-electron chi connectivity index (χ2n) is 10.6. The molecule has 3 heterocycles. The van der Waals surface area contributed by atoms with Gasteiger partial charge in [0, 0.05) is 31.6 Å². The van der Waals surface area contributed by atoms with Crippen LogP contribution in [0.3, 0.4) is 0 Å². The number of nitrogens with one attached hydrogen (secondary N) is 1. The molecular weight excluding hydrogens is 557 g/mol. The van der Waals surface area contributed by atoms with E-state index in [4.69, 9.17) is 0 Å². The van der Waals surface area contributed by atoms with Crippen LogP contribution in [0.2, 0.25) is 0 Å². The summed E-state index contributed by atoms with van der Waals surface area (Å²) in [5.41, 5.74) is 2.62. The van der Waals surface area contributed by atoms with Gasteiger partial charge in [0.1, 0.15) is 12.1 Å². The Kier molecular flexibility index (Phi) is 7.89. The van der Waals surface area contributed by atoms with E-state index in [1.54, 1.807) is 24.3 Å². The van der Waals surface area contributed by atoms with E-state index in [0.717, 1.165) is 22.4 Å². The molecule has 2 aromatic carbocycles. The predicted molar refractivity (Wildman–Crippen MR) is 145 cm³/mol. The number of hydrogen-bond donors (Lipinski definition) is 2. The Bertz CT molecular complexity index is 1460. The third-order valence-electron chi connectivity index (χ3n) is 7.45. The zero-order chi connectivity index (χ0) is 29.5. The number of halogens is 3. The van der Waals surface area contributed by atoms with Crippen LogP contribution in [0.15, 0.2) is 54.0 Å². The van der Waals surface area contributed by atoms with Gasteiger partial charge in [0.25, 0.3) is 5.91 Å². The smallest absolute Gasteiger partial charge is 0.391 e. The van der Waals surface area contributed by atoms with Crippen molar-refractivity contribution < 1.29 is 32.7 Å². The molecule has 0 radical (unpaired) electrons. The number of aliphatic hydroxyl groups excluding tert-OH is 1. The molecule has 12 heteroatoms.